The zero-order valence-electron chi connectivity index (χ0n) is 11.3. The van der Waals surface area contributed by atoms with Gasteiger partial charge in [0.05, 0.1) is 23.3 Å². The van der Waals surface area contributed by atoms with Gasteiger partial charge in [0.2, 0.25) is 0 Å². The van der Waals surface area contributed by atoms with Crippen LogP contribution < -0.4 is 10.1 Å². The summed E-state index contributed by atoms with van der Waals surface area (Å²) >= 11 is 0. The topological polar surface area (TPSA) is 93.1 Å². The molecule has 0 unspecified atom stereocenters. The van der Waals surface area contributed by atoms with E-state index in [1.54, 1.807) is 18.3 Å². The van der Waals surface area contributed by atoms with Crippen LogP contribution >= 0.6 is 0 Å². The van der Waals surface area contributed by atoms with Gasteiger partial charge in [0.15, 0.2) is 5.75 Å². The van der Waals surface area contributed by atoms with Crippen molar-refractivity contribution >= 4 is 11.4 Å². The number of anilines is 1. The Morgan fingerprint density at radius 1 is 1.45 bits per heavy atom. The summed E-state index contributed by atoms with van der Waals surface area (Å²) < 4.78 is 5.48. The Hall–Kier alpha value is -2.57. The van der Waals surface area contributed by atoms with E-state index >= 15 is 0 Å². The van der Waals surface area contributed by atoms with Crippen LogP contribution in [0.5, 0.6) is 5.75 Å². The highest BCUT2D eigenvalue weighted by Gasteiger charge is 2.16. The Labute approximate surface area is 116 Å². The monoisotopic (exact) mass is 276 g/mol. The summed E-state index contributed by atoms with van der Waals surface area (Å²) in [6.07, 6.45) is 1.54. The Kier molecular flexibility index (Phi) is 4.19. The molecule has 2 rings (SSSR count). The van der Waals surface area contributed by atoms with Gasteiger partial charge in [-0.05, 0) is 26.0 Å². The molecule has 0 spiro atoms. The van der Waals surface area contributed by atoms with Gasteiger partial charge in [0.1, 0.15) is 0 Å². The van der Waals surface area contributed by atoms with Crippen molar-refractivity contribution in [2.45, 2.75) is 26.5 Å². The molecule has 0 aliphatic carbocycles. The Morgan fingerprint density at radius 3 is 2.85 bits per heavy atom. The number of ether oxygens (including phenoxy) is 1. The van der Waals surface area contributed by atoms with E-state index in [1.165, 1.54) is 6.07 Å². The molecule has 0 saturated carbocycles. The van der Waals surface area contributed by atoms with Crippen LogP contribution in [0.3, 0.4) is 0 Å². The number of benzene rings is 1. The van der Waals surface area contributed by atoms with E-state index in [4.69, 9.17) is 4.74 Å². The first-order chi connectivity index (χ1) is 9.56. The summed E-state index contributed by atoms with van der Waals surface area (Å²) in [5.74, 6) is 0.264. The number of aromatic nitrogens is 2. The smallest absolute Gasteiger partial charge is 0.311 e. The van der Waals surface area contributed by atoms with Crippen LogP contribution in [0.2, 0.25) is 0 Å². The van der Waals surface area contributed by atoms with Crippen LogP contribution in [0.4, 0.5) is 11.4 Å². The fourth-order valence-corrected chi connectivity index (χ4v) is 1.70. The summed E-state index contributed by atoms with van der Waals surface area (Å²) in [5, 5.41) is 20.8. The van der Waals surface area contributed by atoms with Gasteiger partial charge >= 0.3 is 5.69 Å². The number of hydrogen-bond donors (Lipinski definition) is 2. The largest absolute Gasteiger partial charge is 0.484 e. The van der Waals surface area contributed by atoms with Crippen molar-refractivity contribution in [3.63, 3.8) is 0 Å². The van der Waals surface area contributed by atoms with Crippen LogP contribution in [-0.2, 0) is 6.54 Å². The van der Waals surface area contributed by atoms with Crippen LogP contribution in [0.25, 0.3) is 0 Å². The first-order valence-corrected chi connectivity index (χ1v) is 6.23. The Balaban J connectivity index is 2.15. The van der Waals surface area contributed by atoms with Crippen molar-refractivity contribution in [2.24, 2.45) is 0 Å². The highest BCUT2D eigenvalue weighted by Crippen LogP contribution is 2.31. The Morgan fingerprint density at radius 2 is 2.25 bits per heavy atom. The van der Waals surface area contributed by atoms with E-state index in [0.717, 1.165) is 11.4 Å². The molecule has 0 radical (unpaired) electrons. The molecule has 7 heteroatoms. The zero-order chi connectivity index (χ0) is 14.5. The predicted octanol–water partition coefficient (Wildman–Crippen LogP) is 2.72. The average molecular weight is 276 g/mol. The molecule has 0 atom stereocenters. The number of aromatic amines is 1. The van der Waals surface area contributed by atoms with Crippen molar-refractivity contribution in [3.05, 3.63) is 46.3 Å². The molecule has 1 aromatic carbocycles. The maximum atomic E-state index is 11.0. The normalized spacial score (nSPS) is 10.6. The van der Waals surface area contributed by atoms with E-state index in [1.807, 2.05) is 19.9 Å². The molecule has 2 aromatic rings. The van der Waals surface area contributed by atoms with E-state index in [9.17, 15) is 10.1 Å². The van der Waals surface area contributed by atoms with E-state index in [-0.39, 0.29) is 17.5 Å². The fraction of sp³-hybridized carbons (Fsp3) is 0.308. The van der Waals surface area contributed by atoms with Gasteiger partial charge in [0, 0.05) is 24.0 Å². The Bertz CT molecular complexity index is 581. The predicted molar refractivity (Wildman–Crippen MR) is 74.8 cm³/mol. The molecule has 0 aliphatic rings. The third kappa shape index (κ3) is 3.47. The van der Waals surface area contributed by atoms with Crippen LogP contribution in [0.1, 0.15) is 19.5 Å². The third-order valence-corrected chi connectivity index (χ3v) is 2.56. The zero-order valence-corrected chi connectivity index (χ0v) is 11.3. The van der Waals surface area contributed by atoms with E-state index in [0.29, 0.717) is 6.54 Å². The van der Waals surface area contributed by atoms with Crippen LogP contribution in [0, 0.1) is 10.1 Å². The van der Waals surface area contributed by atoms with Crippen LogP contribution in [-0.4, -0.2) is 21.2 Å². The van der Waals surface area contributed by atoms with Crippen LogP contribution in [0.15, 0.2) is 30.5 Å². The van der Waals surface area contributed by atoms with Gasteiger partial charge in [-0.3, -0.25) is 15.2 Å². The number of nitrogens with zero attached hydrogens (tertiary/aromatic N) is 2. The van der Waals surface area contributed by atoms with Gasteiger partial charge in [-0.25, -0.2) is 0 Å². The van der Waals surface area contributed by atoms with Crippen molar-refractivity contribution < 1.29 is 9.66 Å². The molecule has 20 heavy (non-hydrogen) atoms. The van der Waals surface area contributed by atoms with Crippen molar-refractivity contribution in [1.82, 2.24) is 10.2 Å². The maximum Gasteiger partial charge on any atom is 0.311 e. The number of nitro benzene ring substituents is 1. The minimum absolute atomic E-state index is 0.0363. The SMILES string of the molecule is CC(C)Oc1cc(NCc2ccn[nH]2)ccc1[N+](=O)[O-]. The van der Waals surface area contributed by atoms with Gasteiger partial charge in [0.25, 0.3) is 0 Å². The highest BCUT2D eigenvalue weighted by atomic mass is 16.6. The lowest BCUT2D eigenvalue weighted by molar-refractivity contribution is -0.386. The number of H-pyrrole nitrogens is 1. The lowest BCUT2D eigenvalue weighted by atomic mass is 10.2. The standard InChI is InChI=1S/C13H16N4O3/c1-9(2)20-13-7-10(3-4-12(13)17(18)19)14-8-11-5-6-15-16-11/h3-7,9,14H,8H2,1-2H3,(H,15,16). The summed E-state index contributed by atoms with van der Waals surface area (Å²) in [4.78, 5) is 10.5. The molecular weight excluding hydrogens is 260 g/mol. The maximum absolute atomic E-state index is 11.0. The summed E-state index contributed by atoms with van der Waals surface area (Å²) in [7, 11) is 0. The molecule has 106 valence electrons. The second kappa shape index (κ2) is 6.05. The molecular formula is C13H16N4O3. The number of rotatable bonds is 6. The molecule has 0 aliphatic heterocycles. The molecule has 1 heterocycles. The van der Waals surface area contributed by atoms with Gasteiger partial charge in [-0.15, -0.1) is 0 Å². The first kappa shape index (κ1) is 13.9. The lowest BCUT2D eigenvalue weighted by Gasteiger charge is -2.12. The fourth-order valence-electron chi connectivity index (χ4n) is 1.70. The second-order valence-corrected chi connectivity index (χ2v) is 4.54. The first-order valence-electron chi connectivity index (χ1n) is 6.23. The molecule has 2 N–H and O–H groups in total. The quantitative estimate of drug-likeness (QED) is 0.625. The van der Waals surface area contributed by atoms with Gasteiger partial charge in [-0.1, -0.05) is 0 Å². The van der Waals surface area contributed by atoms with Crippen molar-refractivity contribution in [3.8, 4) is 5.75 Å². The molecule has 0 amide bonds. The highest BCUT2D eigenvalue weighted by molar-refractivity contribution is 5.58. The minimum Gasteiger partial charge on any atom is -0.484 e. The van der Waals surface area contributed by atoms with Gasteiger partial charge in [-0.2, -0.15) is 5.10 Å². The minimum atomic E-state index is -0.448. The molecule has 0 bridgehead atoms. The molecule has 0 saturated heterocycles. The van der Waals surface area contributed by atoms with E-state index in [2.05, 4.69) is 15.5 Å². The molecule has 7 nitrogen and oxygen atoms in total. The summed E-state index contributed by atoms with van der Waals surface area (Å²) in [5.41, 5.74) is 1.64. The van der Waals surface area contributed by atoms with Crippen molar-refractivity contribution in [1.29, 1.82) is 0 Å². The number of nitro groups is 1. The summed E-state index contributed by atoms with van der Waals surface area (Å²) in [6.45, 7) is 4.21. The third-order valence-electron chi connectivity index (χ3n) is 2.56. The summed E-state index contributed by atoms with van der Waals surface area (Å²) in [6, 6.07) is 6.58. The van der Waals surface area contributed by atoms with E-state index < -0.39 is 4.92 Å². The second-order valence-electron chi connectivity index (χ2n) is 4.54. The van der Waals surface area contributed by atoms with Gasteiger partial charge < -0.3 is 10.1 Å². The molecule has 1 aromatic heterocycles. The lowest BCUT2D eigenvalue weighted by Crippen LogP contribution is -2.08. The molecule has 0 fully saturated rings. The number of hydrogen-bond acceptors (Lipinski definition) is 5. The average Bonchev–Trinajstić information content (AvgIpc) is 2.88. The number of nitrogens with one attached hydrogen (secondary N) is 2. The van der Waals surface area contributed by atoms with Crippen molar-refractivity contribution in [2.75, 3.05) is 5.32 Å².